The number of aromatic nitrogens is 1. The van der Waals surface area contributed by atoms with Crippen molar-refractivity contribution in [2.24, 2.45) is 0 Å². The predicted molar refractivity (Wildman–Crippen MR) is 226 cm³/mol. The molecular weight excluding hydrogens is 641 g/mol. The van der Waals surface area contributed by atoms with Crippen molar-refractivity contribution >= 4 is 49.4 Å². The van der Waals surface area contributed by atoms with Crippen LogP contribution in [0.4, 0.5) is 17.1 Å². The van der Waals surface area contributed by atoms with E-state index in [1.54, 1.807) is 0 Å². The predicted octanol–water partition coefficient (Wildman–Crippen LogP) is 14.3. The van der Waals surface area contributed by atoms with E-state index >= 15 is 0 Å². The van der Waals surface area contributed by atoms with E-state index in [1.807, 2.05) is 18.5 Å². The van der Waals surface area contributed by atoms with Crippen LogP contribution in [-0.4, -0.2) is 4.98 Å². The first-order chi connectivity index (χ1) is 26.0. The molecule has 9 rings (SSSR count). The van der Waals surface area contributed by atoms with Gasteiger partial charge in [-0.15, -0.1) is 0 Å². The molecule has 0 radical (unpaired) electrons. The molecule has 0 saturated carbocycles. The highest BCUT2D eigenvalue weighted by Crippen LogP contribution is 2.50. The Labute approximate surface area is 311 Å². The van der Waals surface area contributed by atoms with Gasteiger partial charge in [-0.1, -0.05) is 154 Å². The molecule has 2 nitrogen and oxygen atoms in total. The van der Waals surface area contributed by atoms with Gasteiger partial charge in [-0.25, -0.2) is 0 Å². The lowest BCUT2D eigenvalue weighted by Gasteiger charge is -2.27. The van der Waals surface area contributed by atoms with Crippen molar-refractivity contribution < 1.29 is 0 Å². The Hall–Kier alpha value is -6.51. The second-order valence-electron chi connectivity index (χ2n) is 14.8. The minimum Gasteiger partial charge on any atom is -0.309 e. The molecule has 53 heavy (non-hydrogen) atoms. The Bertz CT molecular complexity index is 2710. The molecule has 0 atom stereocenters. The van der Waals surface area contributed by atoms with E-state index in [0.29, 0.717) is 0 Å². The monoisotopic (exact) mass is 680 g/mol. The molecule has 0 N–H and O–H groups in total. The number of nitrogens with zero attached hydrogens (tertiary/aromatic N) is 2. The fourth-order valence-corrected chi connectivity index (χ4v) is 7.92. The average Bonchev–Trinajstić information content (AvgIpc) is 3.21. The van der Waals surface area contributed by atoms with E-state index in [9.17, 15) is 0 Å². The van der Waals surface area contributed by atoms with Crippen molar-refractivity contribution in [2.45, 2.75) is 26.2 Å². The van der Waals surface area contributed by atoms with Crippen LogP contribution in [0.3, 0.4) is 0 Å². The lowest BCUT2D eigenvalue weighted by atomic mass is 9.81. The van der Waals surface area contributed by atoms with Gasteiger partial charge in [-0.05, 0) is 119 Å². The van der Waals surface area contributed by atoms with Crippen LogP contribution >= 0.6 is 0 Å². The lowest BCUT2D eigenvalue weighted by Crippen LogP contribution is -2.13. The van der Waals surface area contributed by atoms with Crippen LogP contribution in [0, 0.1) is 0 Å². The summed E-state index contributed by atoms with van der Waals surface area (Å²) in [5.74, 6) is 0. The van der Waals surface area contributed by atoms with Crippen LogP contribution in [0.15, 0.2) is 188 Å². The molecule has 254 valence electrons. The third-order valence-corrected chi connectivity index (χ3v) is 10.5. The van der Waals surface area contributed by atoms with Crippen molar-refractivity contribution in [3.63, 3.8) is 0 Å². The van der Waals surface area contributed by atoms with Gasteiger partial charge < -0.3 is 4.90 Å². The third-order valence-electron chi connectivity index (χ3n) is 10.5. The number of hydrogen-bond acceptors (Lipinski definition) is 2. The van der Waals surface area contributed by atoms with Gasteiger partial charge in [-0.2, -0.15) is 0 Å². The van der Waals surface area contributed by atoms with Gasteiger partial charge >= 0.3 is 0 Å². The molecule has 8 aromatic carbocycles. The van der Waals surface area contributed by atoms with Crippen molar-refractivity contribution in [1.29, 1.82) is 0 Å². The summed E-state index contributed by atoms with van der Waals surface area (Å²) in [4.78, 5) is 6.87. The molecule has 0 bridgehead atoms. The normalized spacial score (nSPS) is 11.7. The molecule has 0 amide bonds. The van der Waals surface area contributed by atoms with Crippen molar-refractivity contribution in [3.05, 3.63) is 194 Å². The van der Waals surface area contributed by atoms with Crippen LogP contribution < -0.4 is 4.90 Å². The van der Waals surface area contributed by atoms with Crippen molar-refractivity contribution in [3.8, 4) is 33.4 Å². The molecule has 1 heterocycles. The van der Waals surface area contributed by atoms with Crippen LogP contribution in [0.5, 0.6) is 0 Å². The van der Waals surface area contributed by atoms with Gasteiger partial charge in [-0.3, -0.25) is 4.98 Å². The Morgan fingerprint density at radius 3 is 1.60 bits per heavy atom. The Morgan fingerprint density at radius 1 is 0.415 bits per heavy atom. The maximum Gasteiger partial charge on any atom is 0.0644 e. The Kier molecular flexibility index (Phi) is 8.09. The Morgan fingerprint density at radius 2 is 0.981 bits per heavy atom. The van der Waals surface area contributed by atoms with Crippen LogP contribution in [0.1, 0.15) is 26.3 Å². The average molecular weight is 681 g/mol. The van der Waals surface area contributed by atoms with E-state index < -0.39 is 0 Å². The first kappa shape index (κ1) is 32.4. The van der Waals surface area contributed by atoms with E-state index in [1.165, 1.54) is 71.3 Å². The summed E-state index contributed by atoms with van der Waals surface area (Å²) in [6, 6.07) is 64.2. The summed E-state index contributed by atoms with van der Waals surface area (Å²) in [7, 11) is 0. The maximum atomic E-state index is 4.55. The molecule has 0 aliphatic carbocycles. The number of pyridine rings is 1. The first-order valence-corrected chi connectivity index (χ1v) is 18.4. The minimum atomic E-state index is 0.0637. The van der Waals surface area contributed by atoms with Crippen LogP contribution in [-0.2, 0) is 5.41 Å². The summed E-state index contributed by atoms with van der Waals surface area (Å²) in [5.41, 5.74) is 11.9. The van der Waals surface area contributed by atoms with Crippen molar-refractivity contribution in [2.75, 3.05) is 4.90 Å². The zero-order valence-corrected chi connectivity index (χ0v) is 30.3. The minimum absolute atomic E-state index is 0.0637. The maximum absolute atomic E-state index is 4.55. The molecular formula is C51H40N2. The standard InChI is InChI=1S/C51H40N2/c1-51(2,3)38-25-27-39(28-26-38)53(41-22-15-31-52-34-41)40-29-30-44-47(32-40)42-23-13-14-24-43(42)49-46(36-18-9-5-10-19-36)33-45(35-16-7-4-8-17-35)48(50(44)49)37-20-11-6-12-21-37/h4-34H,1-3H3. The van der Waals surface area contributed by atoms with Crippen LogP contribution in [0.25, 0.3) is 65.7 Å². The van der Waals surface area contributed by atoms with E-state index in [4.69, 9.17) is 0 Å². The second-order valence-corrected chi connectivity index (χ2v) is 14.8. The topological polar surface area (TPSA) is 16.1 Å². The molecule has 2 heteroatoms. The Balaban J connectivity index is 1.42. The molecule has 0 saturated heterocycles. The highest BCUT2D eigenvalue weighted by atomic mass is 15.1. The summed E-state index contributed by atoms with van der Waals surface area (Å²) in [5, 5.41) is 7.45. The molecule has 9 aromatic rings. The van der Waals surface area contributed by atoms with E-state index in [0.717, 1.165) is 17.1 Å². The third kappa shape index (κ3) is 5.83. The second kappa shape index (κ2) is 13.2. The molecule has 1 aromatic heterocycles. The molecule has 0 spiro atoms. The zero-order chi connectivity index (χ0) is 35.9. The number of fused-ring (bicyclic) bond motifs is 6. The highest BCUT2D eigenvalue weighted by molar-refractivity contribution is 6.33. The summed E-state index contributed by atoms with van der Waals surface area (Å²) in [6.45, 7) is 6.78. The van der Waals surface area contributed by atoms with Crippen molar-refractivity contribution in [1.82, 2.24) is 4.98 Å². The van der Waals surface area contributed by atoms with Gasteiger partial charge in [0.05, 0.1) is 11.9 Å². The molecule has 0 aliphatic rings. The fraction of sp³-hybridized carbons (Fsp3) is 0.0784. The molecule has 0 aliphatic heterocycles. The fourth-order valence-electron chi connectivity index (χ4n) is 7.92. The lowest BCUT2D eigenvalue weighted by molar-refractivity contribution is 0.590. The van der Waals surface area contributed by atoms with Gasteiger partial charge in [0.15, 0.2) is 0 Å². The largest absolute Gasteiger partial charge is 0.309 e. The quantitative estimate of drug-likeness (QED) is 0.163. The van der Waals surface area contributed by atoms with E-state index in [2.05, 4.69) is 201 Å². The molecule has 0 unspecified atom stereocenters. The summed E-state index contributed by atoms with van der Waals surface area (Å²) >= 11 is 0. The van der Waals surface area contributed by atoms with Gasteiger partial charge in [0.25, 0.3) is 0 Å². The van der Waals surface area contributed by atoms with Gasteiger partial charge in [0.2, 0.25) is 0 Å². The van der Waals surface area contributed by atoms with Gasteiger partial charge in [0, 0.05) is 17.6 Å². The molecule has 0 fully saturated rings. The number of benzene rings is 8. The number of anilines is 3. The SMILES string of the molecule is CC(C)(C)c1ccc(N(c2cccnc2)c2ccc3c(c2)c2ccccc2c2c(-c4ccccc4)cc(-c4ccccc4)c(-c4ccccc4)c32)cc1. The van der Waals surface area contributed by atoms with E-state index in [-0.39, 0.29) is 5.41 Å². The van der Waals surface area contributed by atoms with Gasteiger partial charge in [0.1, 0.15) is 0 Å². The summed E-state index contributed by atoms with van der Waals surface area (Å²) in [6.07, 6.45) is 3.79. The first-order valence-electron chi connectivity index (χ1n) is 18.4. The smallest absolute Gasteiger partial charge is 0.0644 e. The number of rotatable bonds is 6. The summed E-state index contributed by atoms with van der Waals surface area (Å²) < 4.78 is 0. The highest BCUT2D eigenvalue weighted by Gasteiger charge is 2.23. The van der Waals surface area contributed by atoms with Crippen LogP contribution in [0.2, 0.25) is 0 Å². The number of hydrogen-bond donors (Lipinski definition) is 0. The zero-order valence-electron chi connectivity index (χ0n) is 30.3.